The van der Waals surface area contributed by atoms with E-state index in [0.717, 1.165) is 12.2 Å². The van der Waals surface area contributed by atoms with Gasteiger partial charge in [-0.1, -0.05) is 19.9 Å². The van der Waals surface area contributed by atoms with Gasteiger partial charge >= 0.3 is 0 Å². The minimum Gasteiger partial charge on any atom is -0.329 e. The van der Waals surface area contributed by atoms with Crippen LogP contribution in [-0.4, -0.2) is 30.0 Å². The van der Waals surface area contributed by atoms with Crippen LogP contribution in [0.5, 0.6) is 0 Å². The zero-order valence-electron chi connectivity index (χ0n) is 10.8. The standard InChI is InChI=1S/C13H23N3/c1-10(2)9-16(4)13(7-14)12-6-5-11(3)15-8-12/h5-6,8,10,13H,7,9,14H2,1-4H3. The summed E-state index contributed by atoms with van der Waals surface area (Å²) in [4.78, 5) is 6.63. The molecule has 0 aliphatic carbocycles. The first kappa shape index (κ1) is 13.1. The molecule has 16 heavy (non-hydrogen) atoms. The Hall–Kier alpha value is -0.930. The van der Waals surface area contributed by atoms with Gasteiger partial charge in [-0.25, -0.2) is 0 Å². The van der Waals surface area contributed by atoms with Crippen LogP contribution in [0.1, 0.15) is 31.1 Å². The van der Waals surface area contributed by atoms with Gasteiger partial charge in [0.15, 0.2) is 0 Å². The molecular weight excluding hydrogens is 198 g/mol. The first-order chi connectivity index (χ1) is 7.54. The number of aryl methyl sites for hydroxylation is 1. The summed E-state index contributed by atoms with van der Waals surface area (Å²) in [5, 5.41) is 0. The molecule has 3 heteroatoms. The van der Waals surface area contributed by atoms with Gasteiger partial charge in [0, 0.05) is 31.0 Å². The van der Waals surface area contributed by atoms with E-state index in [4.69, 9.17) is 5.73 Å². The van der Waals surface area contributed by atoms with E-state index in [-0.39, 0.29) is 6.04 Å². The van der Waals surface area contributed by atoms with Crippen molar-refractivity contribution in [1.82, 2.24) is 9.88 Å². The molecule has 3 nitrogen and oxygen atoms in total. The van der Waals surface area contributed by atoms with Gasteiger partial charge in [0.25, 0.3) is 0 Å². The summed E-state index contributed by atoms with van der Waals surface area (Å²) < 4.78 is 0. The number of hydrogen-bond donors (Lipinski definition) is 1. The lowest BCUT2D eigenvalue weighted by atomic mass is 10.1. The van der Waals surface area contributed by atoms with Gasteiger partial charge in [-0.2, -0.15) is 0 Å². The fourth-order valence-corrected chi connectivity index (χ4v) is 1.95. The van der Waals surface area contributed by atoms with Crippen LogP contribution in [0, 0.1) is 12.8 Å². The molecule has 1 atom stereocenters. The summed E-state index contributed by atoms with van der Waals surface area (Å²) in [7, 11) is 2.12. The maximum Gasteiger partial charge on any atom is 0.0482 e. The molecule has 1 unspecified atom stereocenters. The van der Waals surface area contributed by atoms with Crippen LogP contribution in [-0.2, 0) is 0 Å². The highest BCUT2D eigenvalue weighted by Crippen LogP contribution is 2.18. The second kappa shape index (κ2) is 5.97. The van der Waals surface area contributed by atoms with Crippen molar-refractivity contribution in [1.29, 1.82) is 0 Å². The van der Waals surface area contributed by atoms with Crippen LogP contribution in [0.3, 0.4) is 0 Å². The lowest BCUT2D eigenvalue weighted by Gasteiger charge is -2.28. The summed E-state index contributed by atoms with van der Waals surface area (Å²) in [5.74, 6) is 0.650. The number of aromatic nitrogens is 1. The number of nitrogens with zero attached hydrogens (tertiary/aromatic N) is 2. The lowest BCUT2D eigenvalue weighted by molar-refractivity contribution is 0.223. The topological polar surface area (TPSA) is 42.1 Å². The molecule has 0 radical (unpaired) electrons. The highest BCUT2D eigenvalue weighted by atomic mass is 15.1. The molecule has 0 aromatic carbocycles. The maximum atomic E-state index is 5.85. The van der Waals surface area contributed by atoms with Gasteiger partial charge < -0.3 is 5.73 Å². The third-order valence-electron chi connectivity index (χ3n) is 2.73. The monoisotopic (exact) mass is 221 g/mol. The van der Waals surface area contributed by atoms with E-state index in [1.807, 2.05) is 19.2 Å². The predicted molar refractivity (Wildman–Crippen MR) is 68.2 cm³/mol. The van der Waals surface area contributed by atoms with Gasteiger partial charge in [0.05, 0.1) is 0 Å². The van der Waals surface area contributed by atoms with Crippen LogP contribution in [0.4, 0.5) is 0 Å². The zero-order valence-corrected chi connectivity index (χ0v) is 10.8. The highest BCUT2D eigenvalue weighted by molar-refractivity contribution is 5.17. The number of hydrogen-bond acceptors (Lipinski definition) is 3. The van der Waals surface area contributed by atoms with Gasteiger partial charge in [-0.15, -0.1) is 0 Å². The van der Waals surface area contributed by atoms with Gasteiger partial charge in [-0.05, 0) is 31.5 Å². The first-order valence-corrected chi connectivity index (χ1v) is 5.87. The van der Waals surface area contributed by atoms with Crippen LogP contribution in [0.2, 0.25) is 0 Å². The van der Waals surface area contributed by atoms with Crippen molar-refractivity contribution in [2.45, 2.75) is 26.8 Å². The van der Waals surface area contributed by atoms with Gasteiger partial charge in [0.2, 0.25) is 0 Å². The van der Waals surface area contributed by atoms with E-state index in [2.05, 4.69) is 36.8 Å². The Labute approximate surface area is 98.7 Å². The van der Waals surface area contributed by atoms with E-state index < -0.39 is 0 Å². The van der Waals surface area contributed by atoms with E-state index in [1.54, 1.807) is 0 Å². The molecule has 2 N–H and O–H groups in total. The number of pyridine rings is 1. The summed E-state index contributed by atoms with van der Waals surface area (Å²) in [6.07, 6.45) is 1.93. The van der Waals surface area contributed by atoms with Crippen molar-refractivity contribution < 1.29 is 0 Å². The lowest BCUT2D eigenvalue weighted by Crippen LogP contribution is -2.33. The molecule has 0 saturated carbocycles. The van der Waals surface area contributed by atoms with Crippen molar-refractivity contribution >= 4 is 0 Å². The van der Waals surface area contributed by atoms with E-state index in [0.29, 0.717) is 12.5 Å². The van der Waals surface area contributed by atoms with E-state index in [9.17, 15) is 0 Å². The summed E-state index contributed by atoms with van der Waals surface area (Å²) in [6, 6.07) is 4.44. The SMILES string of the molecule is Cc1ccc(C(CN)N(C)CC(C)C)cn1. The zero-order chi connectivity index (χ0) is 12.1. The Balaban J connectivity index is 2.77. The second-order valence-corrected chi connectivity index (χ2v) is 4.82. The fourth-order valence-electron chi connectivity index (χ4n) is 1.95. The Kier molecular flexibility index (Phi) is 4.90. The summed E-state index contributed by atoms with van der Waals surface area (Å²) >= 11 is 0. The number of rotatable bonds is 5. The number of likely N-dealkylation sites (N-methyl/N-ethyl adjacent to an activating group) is 1. The largest absolute Gasteiger partial charge is 0.329 e. The third kappa shape index (κ3) is 3.58. The Morgan fingerprint density at radius 1 is 1.38 bits per heavy atom. The third-order valence-corrected chi connectivity index (χ3v) is 2.73. The molecule has 0 fully saturated rings. The highest BCUT2D eigenvalue weighted by Gasteiger charge is 2.16. The van der Waals surface area contributed by atoms with Crippen molar-refractivity contribution in [2.24, 2.45) is 11.7 Å². The van der Waals surface area contributed by atoms with E-state index in [1.165, 1.54) is 5.56 Å². The molecule has 1 rings (SSSR count). The molecule has 1 aromatic heterocycles. The predicted octanol–water partition coefficient (Wildman–Crippen LogP) is 1.98. The average molecular weight is 221 g/mol. The fraction of sp³-hybridized carbons (Fsp3) is 0.615. The minimum atomic E-state index is 0.274. The van der Waals surface area contributed by atoms with Crippen molar-refractivity contribution in [2.75, 3.05) is 20.1 Å². The first-order valence-electron chi connectivity index (χ1n) is 5.87. The average Bonchev–Trinajstić information content (AvgIpc) is 2.21. The van der Waals surface area contributed by atoms with Gasteiger partial charge in [0.1, 0.15) is 0 Å². The van der Waals surface area contributed by atoms with Crippen LogP contribution in [0.15, 0.2) is 18.3 Å². The summed E-state index contributed by atoms with van der Waals surface area (Å²) in [5.41, 5.74) is 8.10. The molecule has 90 valence electrons. The molecule has 0 saturated heterocycles. The number of nitrogens with two attached hydrogens (primary N) is 1. The molecule has 0 amide bonds. The van der Waals surface area contributed by atoms with Crippen molar-refractivity contribution in [3.05, 3.63) is 29.6 Å². The smallest absolute Gasteiger partial charge is 0.0482 e. The molecule has 1 aromatic rings. The Bertz CT molecular complexity index is 305. The molecule has 0 aliphatic heterocycles. The molecular formula is C13H23N3. The molecule has 0 aliphatic rings. The van der Waals surface area contributed by atoms with Crippen LogP contribution >= 0.6 is 0 Å². The Morgan fingerprint density at radius 2 is 2.06 bits per heavy atom. The van der Waals surface area contributed by atoms with Crippen LogP contribution in [0.25, 0.3) is 0 Å². The minimum absolute atomic E-state index is 0.274. The maximum absolute atomic E-state index is 5.85. The summed E-state index contributed by atoms with van der Waals surface area (Å²) in [6.45, 7) is 8.12. The van der Waals surface area contributed by atoms with Gasteiger partial charge in [-0.3, -0.25) is 9.88 Å². The van der Waals surface area contributed by atoms with Crippen LogP contribution < -0.4 is 5.73 Å². The normalized spacial score (nSPS) is 13.4. The quantitative estimate of drug-likeness (QED) is 0.826. The van der Waals surface area contributed by atoms with Crippen molar-refractivity contribution in [3.63, 3.8) is 0 Å². The molecule has 0 bridgehead atoms. The molecule has 0 spiro atoms. The van der Waals surface area contributed by atoms with E-state index >= 15 is 0 Å². The Morgan fingerprint density at radius 3 is 2.50 bits per heavy atom. The molecule has 1 heterocycles. The second-order valence-electron chi connectivity index (χ2n) is 4.82. The van der Waals surface area contributed by atoms with Crippen molar-refractivity contribution in [3.8, 4) is 0 Å².